The Morgan fingerprint density at radius 3 is 3.00 bits per heavy atom. The van der Waals surface area contributed by atoms with Gasteiger partial charge < -0.3 is 14.7 Å². The molecule has 1 saturated heterocycles. The highest BCUT2D eigenvalue weighted by atomic mass is 16.5. The maximum atomic E-state index is 9.16. The minimum Gasteiger partial charge on any atom is -0.394 e. The van der Waals surface area contributed by atoms with Crippen LogP contribution in [-0.4, -0.2) is 62.7 Å². The van der Waals surface area contributed by atoms with Crippen molar-refractivity contribution in [3.05, 3.63) is 12.7 Å². The van der Waals surface area contributed by atoms with Crippen molar-refractivity contribution in [3.63, 3.8) is 0 Å². The summed E-state index contributed by atoms with van der Waals surface area (Å²) in [6, 6.07) is 0. The second-order valence-electron chi connectivity index (χ2n) is 5.20. The SMILES string of the molecule is CN(C)/C=N/c1ncnc2c1ncn2[C@H]1CC[C@@H](CO)O1. The summed E-state index contributed by atoms with van der Waals surface area (Å²) in [6.45, 7) is 0.0382. The summed E-state index contributed by atoms with van der Waals surface area (Å²) < 4.78 is 7.64. The number of nitrogens with zero attached hydrogens (tertiary/aromatic N) is 6. The van der Waals surface area contributed by atoms with E-state index >= 15 is 0 Å². The van der Waals surface area contributed by atoms with Crippen molar-refractivity contribution < 1.29 is 9.84 Å². The number of aliphatic hydroxyl groups is 1. The molecule has 112 valence electrons. The monoisotopic (exact) mass is 290 g/mol. The van der Waals surface area contributed by atoms with Gasteiger partial charge in [0.25, 0.3) is 0 Å². The van der Waals surface area contributed by atoms with Crippen LogP contribution < -0.4 is 0 Å². The van der Waals surface area contributed by atoms with Crippen LogP contribution in [0.15, 0.2) is 17.6 Å². The van der Waals surface area contributed by atoms with Crippen LogP contribution in [0, 0.1) is 0 Å². The number of hydrogen-bond donors (Lipinski definition) is 1. The van der Waals surface area contributed by atoms with E-state index in [4.69, 9.17) is 9.84 Å². The molecule has 2 aromatic heterocycles. The third-order valence-corrected chi connectivity index (χ3v) is 3.35. The third-order valence-electron chi connectivity index (χ3n) is 3.35. The van der Waals surface area contributed by atoms with Gasteiger partial charge in [0.1, 0.15) is 12.6 Å². The van der Waals surface area contributed by atoms with Gasteiger partial charge in [-0.05, 0) is 12.8 Å². The van der Waals surface area contributed by atoms with E-state index in [9.17, 15) is 0 Å². The number of fused-ring (bicyclic) bond motifs is 1. The number of rotatable bonds is 4. The van der Waals surface area contributed by atoms with Crippen molar-refractivity contribution in [3.8, 4) is 0 Å². The highest BCUT2D eigenvalue weighted by Crippen LogP contribution is 2.31. The first-order valence-electron chi connectivity index (χ1n) is 6.83. The van der Waals surface area contributed by atoms with E-state index in [-0.39, 0.29) is 18.9 Å². The molecule has 1 aliphatic heterocycles. The average Bonchev–Trinajstić information content (AvgIpc) is 3.10. The van der Waals surface area contributed by atoms with Gasteiger partial charge in [0.2, 0.25) is 0 Å². The lowest BCUT2D eigenvalue weighted by molar-refractivity contribution is -0.0207. The summed E-state index contributed by atoms with van der Waals surface area (Å²) in [7, 11) is 3.78. The summed E-state index contributed by atoms with van der Waals surface area (Å²) in [5, 5.41) is 9.16. The predicted molar refractivity (Wildman–Crippen MR) is 77.4 cm³/mol. The van der Waals surface area contributed by atoms with Gasteiger partial charge in [-0.15, -0.1) is 0 Å². The maximum absolute atomic E-state index is 9.16. The first-order valence-corrected chi connectivity index (χ1v) is 6.83. The van der Waals surface area contributed by atoms with Crippen molar-refractivity contribution in [1.82, 2.24) is 24.4 Å². The van der Waals surface area contributed by atoms with Crippen molar-refractivity contribution in [2.75, 3.05) is 20.7 Å². The van der Waals surface area contributed by atoms with Crippen LogP contribution in [0.5, 0.6) is 0 Å². The fourth-order valence-corrected chi connectivity index (χ4v) is 2.34. The Kier molecular flexibility index (Phi) is 3.80. The third kappa shape index (κ3) is 2.72. The fourth-order valence-electron chi connectivity index (χ4n) is 2.34. The van der Waals surface area contributed by atoms with Gasteiger partial charge >= 0.3 is 0 Å². The molecule has 0 aliphatic carbocycles. The van der Waals surface area contributed by atoms with E-state index in [1.54, 1.807) is 12.7 Å². The maximum Gasteiger partial charge on any atom is 0.184 e. The molecule has 0 spiro atoms. The molecule has 3 rings (SSSR count). The quantitative estimate of drug-likeness (QED) is 0.659. The van der Waals surface area contributed by atoms with E-state index in [1.165, 1.54) is 6.33 Å². The smallest absolute Gasteiger partial charge is 0.184 e. The van der Waals surface area contributed by atoms with Crippen LogP contribution in [0.1, 0.15) is 19.1 Å². The van der Waals surface area contributed by atoms with Crippen molar-refractivity contribution in [2.24, 2.45) is 4.99 Å². The van der Waals surface area contributed by atoms with E-state index < -0.39 is 0 Å². The van der Waals surface area contributed by atoms with Crippen LogP contribution in [0.2, 0.25) is 0 Å². The van der Waals surface area contributed by atoms with Crippen LogP contribution >= 0.6 is 0 Å². The van der Waals surface area contributed by atoms with Gasteiger partial charge in [0, 0.05) is 14.1 Å². The lowest BCUT2D eigenvalue weighted by atomic mass is 10.2. The molecule has 21 heavy (non-hydrogen) atoms. The summed E-state index contributed by atoms with van der Waals surface area (Å²) in [5.41, 5.74) is 1.34. The molecule has 0 unspecified atom stereocenters. The lowest BCUT2D eigenvalue weighted by Gasteiger charge is -2.13. The molecule has 8 nitrogen and oxygen atoms in total. The number of ether oxygens (including phenoxy) is 1. The molecule has 3 heterocycles. The molecule has 0 saturated carbocycles. The molecule has 1 aliphatic rings. The van der Waals surface area contributed by atoms with Gasteiger partial charge in [0.05, 0.1) is 25.4 Å². The Morgan fingerprint density at radius 1 is 1.43 bits per heavy atom. The molecule has 0 amide bonds. The van der Waals surface area contributed by atoms with Crippen molar-refractivity contribution in [1.29, 1.82) is 0 Å². The zero-order chi connectivity index (χ0) is 14.8. The van der Waals surface area contributed by atoms with Gasteiger partial charge in [-0.3, -0.25) is 4.57 Å². The molecule has 0 aromatic carbocycles. The van der Waals surface area contributed by atoms with E-state index in [0.29, 0.717) is 17.0 Å². The Hall–Kier alpha value is -2.06. The minimum atomic E-state index is -0.146. The van der Waals surface area contributed by atoms with E-state index in [0.717, 1.165) is 12.8 Å². The van der Waals surface area contributed by atoms with Crippen molar-refractivity contribution >= 4 is 23.3 Å². The van der Waals surface area contributed by atoms with Gasteiger partial charge in [0.15, 0.2) is 17.0 Å². The van der Waals surface area contributed by atoms with E-state index in [2.05, 4.69) is 19.9 Å². The second kappa shape index (κ2) is 5.74. The molecule has 8 heteroatoms. The molecular formula is C13H18N6O2. The standard InChI is InChI=1S/C13H18N6O2/c1-18(2)7-17-12-11-13(15-6-14-12)19(8-16-11)10-4-3-9(5-20)21-10/h6-10,20H,3-5H2,1-2H3/b17-7+/t9-,10+/m0/s1. The van der Waals surface area contributed by atoms with Crippen LogP contribution in [-0.2, 0) is 4.74 Å². The number of aliphatic hydroxyl groups excluding tert-OH is 1. The zero-order valence-electron chi connectivity index (χ0n) is 12.0. The average molecular weight is 290 g/mol. The van der Waals surface area contributed by atoms with Crippen LogP contribution in [0.25, 0.3) is 11.2 Å². The fraction of sp³-hybridized carbons (Fsp3) is 0.538. The molecular weight excluding hydrogens is 272 g/mol. The van der Waals surface area contributed by atoms with Crippen LogP contribution in [0.4, 0.5) is 5.82 Å². The Bertz CT molecular complexity index is 653. The second-order valence-corrected chi connectivity index (χ2v) is 5.20. The van der Waals surface area contributed by atoms with Gasteiger partial charge in [-0.2, -0.15) is 0 Å². The highest BCUT2D eigenvalue weighted by molar-refractivity contribution is 5.82. The molecule has 0 radical (unpaired) electrons. The summed E-state index contributed by atoms with van der Waals surface area (Å²) in [4.78, 5) is 18.9. The number of imidazole rings is 1. The Labute approximate surface area is 122 Å². The minimum absolute atomic E-state index is 0.0382. The number of aromatic nitrogens is 4. The summed E-state index contributed by atoms with van der Waals surface area (Å²) in [6.07, 6.45) is 6.25. The Balaban J connectivity index is 1.94. The first-order chi connectivity index (χ1) is 10.2. The topological polar surface area (TPSA) is 88.7 Å². The highest BCUT2D eigenvalue weighted by Gasteiger charge is 2.27. The molecule has 0 bridgehead atoms. The molecule has 2 atom stereocenters. The molecule has 2 aromatic rings. The zero-order valence-corrected chi connectivity index (χ0v) is 12.0. The largest absolute Gasteiger partial charge is 0.394 e. The Morgan fingerprint density at radius 2 is 2.29 bits per heavy atom. The summed E-state index contributed by atoms with van der Waals surface area (Å²) in [5.74, 6) is 0.532. The first kappa shape index (κ1) is 13.9. The molecule has 1 fully saturated rings. The van der Waals surface area contributed by atoms with Gasteiger partial charge in [-0.1, -0.05) is 0 Å². The number of hydrogen-bond acceptors (Lipinski definition) is 6. The lowest BCUT2D eigenvalue weighted by Crippen LogP contribution is -2.14. The predicted octanol–water partition coefficient (Wildman–Crippen LogP) is 0.718. The summed E-state index contributed by atoms with van der Waals surface area (Å²) >= 11 is 0. The van der Waals surface area contributed by atoms with E-state index in [1.807, 2.05) is 23.6 Å². The van der Waals surface area contributed by atoms with Gasteiger partial charge in [-0.25, -0.2) is 19.9 Å². The van der Waals surface area contributed by atoms with Crippen LogP contribution in [0.3, 0.4) is 0 Å². The normalized spacial score (nSPS) is 22.4. The number of aliphatic imine (C=N–C) groups is 1. The van der Waals surface area contributed by atoms with Crippen molar-refractivity contribution in [2.45, 2.75) is 25.2 Å². The molecule has 1 N–H and O–H groups in total.